The molecule has 3 rings (SSSR count). The topological polar surface area (TPSA) is 45.8 Å². The van der Waals surface area contributed by atoms with E-state index in [2.05, 4.69) is 22.6 Å². The molecule has 0 aliphatic rings. The fourth-order valence-corrected chi connectivity index (χ4v) is 2.42. The van der Waals surface area contributed by atoms with Gasteiger partial charge in [-0.25, -0.2) is 4.98 Å². The molecular formula is C17H14N2OS. The Morgan fingerprint density at radius 2 is 1.52 bits per heavy atom. The molecule has 0 radical (unpaired) electrons. The first-order valence-electron chi connectivity index (χ1n) is 6.65. The average Bonchev–Trinajstić information content (AvgIpc) is 2.92. The molecule has 0 bridgehead atoms. The molecule has 2 aromatic carbocycles. The number of carbonyl (C=O) groups excluding carboxylic acids is 1. The van der Waals surface area contributed by atoms with Crippen molar-refractivity contribution < 1.29 is 4.79 Å². The van der Waals surface area contributed by atoms with Crippen LogP contribution >= 0.6 is 12.6 Å². The Bertz CT molecular complexity index is 694. The van der Waals surface area contributed by atoms with Crippen molar-refractivity contribution in [3.05, 3.63) is 66.5 Å². The summed E-state index contributed by atoms with van der Waals surface area (Å²) in [4.78, 5) is 19.0. The fourth-order valence-electron chi connectivity index (χ4n) is 2.27. The van der Waals surface area contributed by atoms with Gasteiger partial charge in [0, 0.05) is 11.1 Å². The number of benzene rings is 2. The Labute approximate surface area is 128 Å². The number of nitrogens with one attached hydrogen (secondary N) is 1. The second kappa shape index (κ2) is 5.97. The van der Waals surface area contributed by atoms with Gasteiger partial charge in [-0.3, -0.25) is 4.79 Å². The fraction of sp³-hybridized carbons (Fsp3) is 0.0588. The maximum Gasteiger partial charge on any atom is 0.193 e. The van der Waals surface area contributed by atoms with Gasteiger partial charge in [0.25, 0.3) is 0 Å². The van der Waals surface area contributed by atoms with Gasteiger partial charge in [0.15, 0.2) is 5.12 Å². The van der Waals surface area contributed by atoms with Gasteiger partial charge in [-0.05, 0) is 0 Å². The van der Waals surface area contributed by atoms with Crippen molar-refractivity contribution in [3.8, 4) is 22.5 Å². The predicted octanol–water partition coefficient (Wildman–Crippen LogP) is 3.74. The summed E-state index contributed by atoms with van der Waals surface area (Å²) in [5.41, 5.74) is 3.84. The third-order valence-electron chi connectivity index (χ3n) is 3.18. The van der Waals surface area contributed by atoms with E-state index < -0.39 is 0 Å². The lowest BCUT2D eigenvalue weighted by Crippen LogP contribution is -1.95. The monoisotopic (exact) mass is 294 g/mol. The molecule has 0 aliphatic heterocycles. The third-order valence-corrected chi connectivity index (χ3v) is 3.34. The summed E-state index contributed by atoms with van der Waals surface area (Å²) >= 11 is 3.83. The zero-order valence-electron chi connectivity index (χ0n) is 11.3. The van der Waals surface area contributed by atoms with Crippen molar-refractivity contribution in [2.75, 3.05) is 0 Å². The van der Waals surface area contributed by atoms with E-state index in [1.54, 1.807) is 0 Å². The summed E-state index contributed by atoms with van der Waals surface area (Å²) in [7, 11) is 0. The Balaban J connectivity index is 2.13. The standard InChI is InChI=1S/C17H14N2OS/c20-15(21)11-14-18-16(12-7-3-1-4-8-12)17(19-14)13-9-5-2-6-10-13/h1-10H,11H2,(H,18,19)(H,20,21). The molecule has 0 saturated carbocycles. The van der Waals surface area contributed by atoms with Crippen molar-refractivity contribution in [1.29, 1.82) is 0 Å². The molecule has 4 heteroatoms. The van der Waals surface area contributed by atoms with Crippen molar-refractivity contribution in [2.24, 2.45) is 0 Å². The Morgan fingerprint density at radius 1 is 0.952 bits per heavy atom. The second-order valence-electron chi connectivity index (χ2n) is 4.71. The lowest BCUT2D eigenvalue weighted by molar-refractivity contribution is -0.110. The quantitative estimate of drug-likeness (QED) is 0.720. The van der Waals surface area contributed by atoms with Crippen LogP contribution in [0.25, 0.3) is 22.5 Å². The van der Waals surface area contributed by atoms with Crippen LogP contribution in [0.4, 0.5) is 0 Å². The number of aromatic amines is 1. The minimum Gasteiger partial charge on any atom is -0.341 e. The number of nitrogens with zero attached hydrogens (tertiary/aromatic N) is 1. The highest BCUT2D eigenvalue weighted by Gasteiger charge is 2.14. The van der Waals surface area contributed by atoms with Gasteiger partial charge in [-0.1, -0.05) is 60.7 Å². The van der Waals surface area contributed by atoms with Crippen molar-refractivity contribution in [1.82, 2.24) is 9.97 Å². The summed E-state index contributed by atoms with van der Waals surface area (Å²) in [6.07, 6.45) is 0.190. The highest BCUT2D eigenvalue weighted by atomic mass is 32.1. The van der Waals surface area contributed by atoms with Crippen LogP contribution in [0.15, 0.2) is 60.7 Å². The molecule has 3 aromatic rings. The van der Waals surface area contributed by atoms with E-state index in [0.717, 1.165) is 22.5 Å². The molecule has 1 N–H and O–H groups in total. The van der Waals surface area contributed by atoms with Crippen LogP contribution < -0.4 is 0 Å². The van der Waals surface area contributed by atoms with E-state index in [1.165, 1.54) is 0 Å². The Kier molecular flexibility index (Phi) is 3.88. The third kappa shape index (κ3) is 3.06. The van der Waals surface area contributed by atoms with Crippen molar-refractivity contribution in [2.45, 2.75) is 6.42 Å². The Hall–Kier alpha value is -2.33. The van der Waals surface area contributed by atoms with Gasteiger partial charge < -0.3 is 4.98 Å². The zero-order valence-corrected chi connectivity index (χ0v) is 12.2. The van der Waals surface area contributed by atoms with Crippen LogP contribution in [-0.4, -0.2) is 15.1 Å². The lowest BCUT2D eigenvalue weighted by Gasteiger charge is -2.02. The highest BCUT2D eigenvalue weighted by molar-refractivity contribution is 7.96. The van der Waals surface area contributed by atoms with Gasteiger partial charge in [-0.2, -0.15) is 0 Å². The number of hydrogen-bond acceptors (Lipinski definition) is 2. The van der Waals surface area contributed by atoms with Gasteiger partial charge >= 0.3 is 0 Å². The number of carbonyl (C=O) groups is 1. The first-order valence-corrected chi connectivity index (χ1v) is 7.10. The molecule has 0 amide bonds. The summed E-state index contributed by atoms with van der Waals surface area (Å²) in [6, 6.07) is 19.9. The smallest absolute Gasteiger partial charge is 0.193 e. The number of thiol groups is 1. The van der Waals surface area contributed by atoms with E-state index in [-0.39, 0.29) is 11.5 Å². The predicted molar refractivity (Wildman–Crippen MR) is 87.2 cm³/mol. The molecule has 1 heterocycles. The molecule has 1 aromatic heterocycles. The van der Waals surface area contributed by atoms with Crippen LogP contribution in [0.2, 0.25) is 0 Å². The van der Waals surface area contributed by atoms with Gasteiger partial charge in [0.2, 0.25) is 0 Å². The summed E-state index contributed by atoms with van der Waals surface area (Å²) in [6.45, 7) is 0. The summed E-state index contributed by atoms with van der Waals surface area (Å²) in [5.74, 6) is 0.632. The van der Waals surface area contributed by atoms with Crippen LogP contribution in [0.1, 0.15) is 5.82 Å². The first-order chi connectivity index (χ1) is 10.2. The molecule has 104 valence electrons. The molecular weight excluding hydrogens is 280 g/mol. The Morgan fingerprint density at radius 3 is 2.10 bits per heavy atom. The van der Waals surface area contributed by atoms with Crippen molar-refractivity contribution >= 4 is 17.7 Å². The molecule has 0 aliphatic carbocycles. The summed E-state index contributed by atoms with van der Waals surface area (Å²) in [5, 5.41) is -0.206. The maximum atomic E-state index is 11.2. The van der Waals surface area contributed by atoms with Crippen LogP contribution in [0, 0.1) is 0 Å². The van der Waals surface area contributed by atoms with E-state index in [0.29, 0.717) is 5.82 Å². The number of H-pyrrole nitrogens is 1. The molecule has 0 unspecified atom stereocenters. The number of rotatable bonds is 4. The van der Waals surface area contributed by atoms with E-state index in [1.807, 2.05) is 60.7 Å². The van der Waals surface area contributed by atoms with Crippen LogP contribution in [-0.2, 0) is 11.2 Å². The summed E-state index contributed by atoms with van der Waals surface area (Å²) < 4.78 is 0. The van der Waals surface area contributed by atoms with Gasteiger partial charge in [0.05, 0.1) is 17.8 Å². The van der Waals surface area contributed by atoms with E-state index in [4.69, 9.17) is 0 Å². The van der Waals surface area contributed by atoms with Gasteiger partial charge in [-0.15, -0.1) is 12.6 Å². The van der Waals surface area contributed by atoms with Crippen LogP contribution in [0.5, 0.6) is 0 Å². The first kappa shape index (κ1) is 13.6. The zero-order chi connectivity index (χ0) is 14.7. The molecule has 0 atom stereocenters. The molecule has 0 fully saturated rings. The number of imidazole rings is 1. The van der Waals surface area contributed by atoms with Gasteiger partial charge in [0.1, 0.15) is 5.82 Å². The molecule has 3 nitrogen and oxygen atoms in total. The second-order valence-corrected chi connectivity index (χ2v) is 5.21. The maximum absolute atomic E-state index is 11.2. The molecule has 0 saturated heterocycles. The SMILES string of the molecule is O=C(S)Cc1nc(-c2ccccc2)c(-c2ccccc2)[nH]1. The average molecular weight is 294 g/mol. The largest absolute Gasteiger partial charge is 0.341 e. The minimum absolute atomic E-state index is 0.190. The highest BCUT2D eigenvalue weighted by Crippen LogP contribution is 2.30. The lowest BCUT2D eigenvalue weighted by atomic mass is 10.1. The van der Waals surface area contributed by atoms with E-state index in [9.17, 15) is 4.79 Å². The van der Waals surface area contributed by atoms with E-state index >= 15 is 0 Å². The number of aromatic nitrogens is 2. The van der Waals surface area contributed by atoms with Crippen molar-refractivity contribution in [3.63, 3.8) is 0 Å². The number of hydrogen-bond donors (Lipinski definition) is 2. The molecule has 0 spiro atoms. The minimum atomic E-state index is -0.206. The van der Waals surface area contributed by atoms with Crippen LogP contribution in [0.3, 0.4) is 0 Å². The molecule has 21 heavy (non-hydrogen) atoms. The normalized spacial score (nSPS) is 10.5.